The lowest BCUT2D eigenvalue weighted by Gasteiger charge is -2.26. The first kappa shape index (κ1) is 12.5. The molecule has 0 unspecified atom stereocenters. The van der Waals surface area contributed by atoms with Gasteiger partial charge >= 0.3 is 0 Å². The molecule has 1 N–H and O–H groups in total. The molecule has 1 aromatic rings. The van der Waals surface area contributed by atoms with Gasteiger partial charge in [-0.2, -0.15) is 0 Å². The lowest BCUT2D eigenvalue weighted by molar-refractivity contribution is 0.531. The third-order valence-corrected chi connectivity index (χ3v) is 4.98. The first-order chi connectivity index (χ1) is 8.94. The van der Waals surface area contributed by atoms with E-state index >= 15 is 0 Å². The summed E-state index contributed by atoms with van der Waals surface area (Å²) in [6, 6.07) is 6.63. The Balaban J connectivity index is 2.06. The van der Waals surface area contributed by atoms with Gasteiger partial charge in [0.25, 0.3) is 0 Å². The molecule has 1 aromatic carbocycles. The number of nitrogens with one attached hydrogen (secondary N) is 1. The Bertz CT molecular complexity index is 450. The highest BCUT2D eigenvalue weighted by Gasteiger charge is 2.28. The van der Waals surface area contributed by atoms with Gasteiger partial charge in [-0.15, -0.1) is 4.72 Å². The largest absolute Gasteiger partial charge is 0.598 e. The highest BCUT2D eigenvalue weighted by molar-refractivity contribution is 7.90. The standard InChI is InChI=1S/C15H23NOS/c1-11(16-18(17)15(2,3)4)13-9-8-12-6-5-7-14(12)10-13/h8-11,16H,5-7H2,1-4H3/t11-,18+/m0/s1/i2D. The Morgan fingerprint density at radius 2 is 2.11 bits per heavy atom. The van der Waals surface area contributed by atoms with Crippen LogP contribution in [0.15, 0.2) is 18.2 Å². The van der Waals surface area contributed by atoms with Crippen molar-refractivity contribution in [2.75, 3.05) is 0 Å². The number of benzene rings is 1. The molecule has 1 aliphatic carbocycles. The van der Waals surface area contributed by atoms with Crippen LogP contribution in [0.5, 0.6) is 0 Å². The fourth-order valence-corrected chi connectivity index (χ4v) is 3.03. The SMILES string of the molecule is [2H]CC(C)(C)[S@@+]([O-])N[C@@H](C)c1ccc2c(c1)CCC2. The Labute approximate surface area is 115 Å². The van der Waals surface area contributed by atoms with Crippen LogP contribution in [0.2, 0.25) is 0 Å². The fourth-order valence-electron chi connectivity index (χ4n) is 2.25. The normalized spacial score (nSPS) is 19.2. The topological polar surface area (TPSA) is 35.1 Å². The summed E-state index contributed by atoms with van der Waals surface area (Å²) < 4.78 is 22.3. The summed E-state index contributed by atoms with van der Waals surface area (Å²) in [5.41, 5.74) is 4.09. The number of hydrogen-bond acceptors (Lipinski definition) is 2. The molecule has 0 amide bonds. The van der Waals surface area contributed by atoms with Crippen LogP contribution in [0.1, 0.15) is 58.2 Å². The second kappa shape index (κ2) is 5.24. The summed E-state index contributed by atoms with van der Waals surface area (Å²) in [5.74, 6) is 0. The second-order valence-electron chi connectivity index (χ2n) is 5.75. The molecule has 2 nitrogen and oxygen atoms in total. The average molecular weight is 266 g/mol. The maximum Gasteiger partial charge on any atom is 0.136 e. The molecule has 0 saturated heterocycles. The molecular formula is C15H23NOS. The van der Waals surface area contributed by atoms with Crippen molar-refractivity contribution >= 4 is 11.4 Å². The predicted octanol–water partition coefficient (Wildman–Crippen LogP) is 3.29. The second-order valence-corrected chi connectivity index (χ2v) is 7.63. The zero-order chi connectivity index (χ0) is 14.0. The Morgan fingerprint density at radius 1 is 1.39 bits per heavy atom. The minimum absolute atomic E-state index is 0.0533. The summed E-state index contributed by atoms with van der Waals surface area (Å²) in [6.45, 7) is 5.91. The van der Waals surface area contributed by atoms with Gasteiger partial charge in [0.1, 0.15) is 4.75 Å². The van der Waals surface area contributed by atoms with Gasteiger partial charge in [-0.25, -0.2) is 0 Å². The molecule has 18 heavy (non-hydrogen) atoms. The number of fused-ring (bicyclic) bond motifs is 1. The molecule has 0 aliphatic heterocycles. The first-order valence-electron chi connectivity index (χ1n) is 7.24. The minimum Gasteiger partial charge on any atom is -0.598 e. The smallest absolute Gasteiger partial charge is 0.136 e. The molecule has 0 bridgehead atoms. The first-order valence-corrected chi connectivity index (χ1v) is 7.68. The van der Waals surface area contributed by atoms with Crippen LogP contribution in [0.25, 0.3) is 0 Å². The van der Waals surface area contributed by atoms with E-state index < -0.39 is 16.1 Å². The van der Waals surface area contributed by atoms with Crippen LogP contribution in [-0.2, 0) is 24.2 Å². The van der Waals surface area contributed by atoms with E-state index in [4.69, 9.17) is 1.37 Å². The zero-order valence-electron chi connectivity index (χ0n) is 12.5. The van der Waals surface area contributed by atoms with E-state index in [1.54, 1.807) is 0 Å². The highest BCUT2D eigenvalue weighted by atomic mass is 32.2. The van der Waals surface area contributed by atoms with E-state index in [9.17, 15) is 4.55 Å². The van der Waals surface area contributed by atoms with Crippen LogP contribution in [0.3, 0.4) is 0 Å². The van der Waals surface area contributed by atoms with Crippen molar-refractivity contribution in [3.63, 3.8) is 0 Å². The number of aryl methyl sites for hydroxylation is 2. The van der Waals surface area contributed by atoms with Crippen molar-refractivity contribution in [1.29, 1.82) is 0 Å². The molecule has 0 aromatic heterocycles. The molecule has 0 saturated carbocycles. The molecule has 0 heterocycles. The molecule has 100 valence electrons. The van der Waals surface area contributed by atoms with E-state index in [2.05, 4.69) is 22.9 Å². The summed E-state index contributed by atoms with van der Waals surface area (Å²) in [6.07, 6.45) is 3.60. The maximum absolute atomic E-state index is 12.2. The third-order valence-electron chi connectivity index (χ3n) is 3.41. The summed E-state index contributed by atoms with van der Waals surface area (Å²) in [7, 11) is 0. The van der Waals surface area contributed by atoms with Crippen LogP contribution in [0, 0.1) is 0 Å². The van der Waals surface area contributed by atoms with Crippen LogP contribution < -0.4 is 4.72 Å². The number of hydrogen-bond donors (Lipinski definition) is 1. The number of rotatable bonds is 3. The Kier molecular flexibility index (Phi) is 3.64. The van der Waals surface area contributed by atoms with Crippen molar-refractivity contribution in [3.8, 4) is 0 Å². The van der Waals surface area contributed by atoms with Gasteiger partial charge in [0, 0.05) is 12.7 Å². The van der Waals surface area contributed by atoms with Gasteiger partial charge in [0.05, 0.1) is 6.04 Å². The monoisotopic (exact) mass is 266 g/mol. The summed E-state index contributed by atoms with van der Waals surface area (Å²) in [4.78, 5) is 0. The molecule has 1 aliphatic rings. The maximum atomic E-state index is 12.2. The van der Waals surface area contributed by atoms with Gasteiger partial charge in [-0.3, -0.25) is 0 Å². The molecular weight excluding hydrogens is 242 g/mol. The van der Waals surface area contributed by atoms with Crippen LogP contribution in [-0.4, -0.2) is 9.30 Å². The molecule has 0 radical (unpaired) electrons. The van der Waals surface area contributed by atoms with Gasteiger partial charge < -0.3 is 4.55 Å². The minimum atomic E-state index is -1.20. The van der Waals surface area contributed by atoms with Crippen molar-refractivity contribution in [1.82, 2.24) is 4.72 Å². The Hall–Kier alpha value is -0.510. The van der Waals surface area contributed by atoms with E-state index in [-0.39, 0.29) is 12.9 Å². The van der Waals surface area contributed by atoms with Crippen molar-refractivity contribution in [2.45, 2.75) is 57.7 Å². The fraction of sp³-hybridized carbons (Fsp3) is 0.600. The van der Waals surface area contributed by atoms with Gasteiger partial charge in [-0.1, -0.05) is 18.2 Å². The van der Waals surface area contributed by atoms with Crippen LogP contribution >= 0.6 is 0 Å². The lowest BCUT2D eigenvalue weighted by Crippen LogP contribution is -2.40. The van der Waals surface area contributed by atoms with Gasteiger partial charge in [-0.05, 0) is 63.6 Å². The summed E-state index contributed by atoms with van der Waals surface area (Å²) in [5, 5.41) is 0. The van der Waals surface area contributed by atoms with E-state index in [1.165, 1.54) is 29.5 Å². The van der Waals surface area contributed by atoms with Crippen molar-refractivity contribution in [3.05, 3.63) is 34.9 Å². The molecule has 0 fully saturated rings. The zero-order valence-corrected chi connectivity index (χ0v) is 12.3. The quantitative estimate of drug-likeness (QED) is 0.852. The van der Waals surface area contributed by atoms with Crippen LogP contribution in [0.4, 0.5) is 0 Å². The van der Waals surface area contributed by atoms with Gasteiger partial charge in [0.2, 0.25) is 0 Å². The lowest BCUT2D eigenvalue weighted by atomic mass is 10.0. The molecule has 2 rings (SSSR count). The Morgan fingerprint density at radius 3 is 2.83 bits per heavy atom. The van der Waals surface area contributed by atoms with Crippen molar-refractivity contribution in [2.24, 2.45) is 0 Å². The molecule has 0 spiro atoms. The van der Waals surface area contributed by atoms with E-state index in [0.29, 0.717) is 0 Å². The van der Waals surface area contributed by atoms with E-state index in [0.717, 1.165) is 6.42 Å². The van der Waals surface area contributed by atoms with Crippen molar-refractivity contribution < 1.29 is 5.92 Å². The van der Waals surface area contributed by atoms with Gasteiger partial charge in [0.15, 0.2) is 0 Å². The molecule has 2 atom stereocenters. The van der Waals surface area contributed by atoms with E-state index in [1.807, 2.05) is 20.8 Å². The summed E-state index contributed by atoms with van der Waals surface area (Å²) >= 11 is -1.20. The highest BCUT2D eigenvalue weighted by Crippen LogP contribution is 2.26. The average Bonchev–Trinajstić information content (AvgIpc) is 2.85. The predicted molar refractivity (Wildman–Crippen MR) is 77.9 cm³/mol. The molecule has 3 heteroatoms. The third kappa shape index (κ3) is 3.08.